The molecular weight excluding hydrogens is 737 g/mol. The van der Waals surface area contributed by atoms with Crippen LogP contribution in [0.25, 0.3) is 22.3 Å². The van der Waals surface area contributed by atoms with Gasteiger partial charge in [-0.15, -0.1) is 0 Å². The predicted octanol–water partition coefficient (Wildman–Crippen LogP) is 14.5. The van der Waals surface area contributed by atoms with Gasteiger partial charge in [-0.3, -0.25) is 0 Å². The molecule has 2 aliphatic rings. The first kappa shape index (κ1) is 35.8. The molecule has 3 heteroatoms. The SMILES string of the molecule is Cc1ccc(N(c2ccc(C3(c4ccc(F)cc4)c4ccccc4-c4ccccc43)cc2)c2ccc(C3(c4ccc(F)cc4)c4ccccc4-c4ccccc43)cc2)cc1. The second-order valence-electron chi connectivity index (χ2n) is 16.0. The molecule has 9 aromatic rings. The van der Waals surface area contributed by atoms with E-state index in [2.05, 4.69) is 182 Å². The molecule has 0 saturated heterocycles. The third kappa shape index (κ3) is 5.22. The van der Waals surface area contributed by atoms with Crippen molar-refractivity contribution in [2.45, 2.75) is 17.8 Å². The quantitative estimate of drug-likeness (QED) is 0.156. The van der Waals surface area contributed by atoms with Crippen molar-refractivity contribution in [3.8, 4) is 22.3 Å². The van der Waals surface area contributed by atoms with Gasteiger partial charge < -0.3 is 4.90 Å². The van der Waals surface area contributed by atoms with Crippen molar-refractivity contribution in [1.29, 1.82) is 0 Å². The van der Waals surface area contributed by atoms with Gasteiger partial charge in [0, 0.05) is 17.1 Å². The molecule has 11 rings (SSSR count). The Labute approximate surface area is 349 Å². The number of nitrogens with zero attached hydrogens (tertiary/aromatic N) is 1. The van der Waals surface area contributed by atoms with E-state index in [-0.39, 0.29) is 11.6 Å². The van der Waals surface area contributed by atoms with Crippen molar-refractivity contribution in [3.05, 3.63) is 280 Å². The Morgan fingerprint density at radius 2 is 0.550 bits per heavy atom. The van der Waals surface area contributed by atoms with Gasteiger partial charge in [0.05, 0.1) is 10.8 Å². The maximum atomic E-state index is 14.5. The van der Waals surface area contributed by atoms with Crippen LogP contribution in [0, 0.1) is 18.6 Å². The largest absolute Gasteiger partial charge is 0.311 e. The lowest BCUT2D eigenvalue weighted by atomic mass is 9.67. The van der Waals surface area contributed by atoms with E-state index in [0.29, 0.717) is 0 Å². The molecule has 0 radical (unpaired) electrons. The number of rotatable bonds is 7. The Morgan fingerprint density at radius 1 is 0.300 bits per heavy atom. The number of fused-ring (bicyclic) bond motifs is 6. The molecule has 0 amide bonds. The molecule has 0 bridgehead atoms. The summed E-state index contributed by atoms with van der Waals surface area (Å²) in [5.41, 5.74) is 16.7. The van der Waals surface area contributed by atoms with Gasteiger partial charge in [0.2, 0.25) is 0 Å². The van der Waals surface area contributed by atoms with E-state index in [4.69, 9.17) is 0 Å². The molecule has 0 aromatic heterocycles. The van der Waals surface area contributed by atoms with Crippen LogP contribution in [0.4, 0.5) is 25.8 Å². The minimum absolute atomic E-state index is 0.256. The van der Waals surface area contributed by atoms with Crippen molar-refractivity contribution in [2.75, 3.05) is 4.90 Å². The standard InChI is InChI=1S/C57H39F2N/c1-38-18-32-45(33-19-38)60(46-34-24-41(25-35-46)56(39-20-28-43(58)29-21-39)52-14-6-2-10-48(52)49-11-3-7-15-53(49)56)47-36-26-42(27-37-47)57(40-22-30-44(59)31-23-40)54-16-8-4-12-50(54)51-13-5-9-17-55(51)57/h2-37H,1H3. The summed E-state index contributed by atoms with van der Waals surface area (Å²) in [6.07, 6.45) is 0. The van der Waals surface area contributed by atoms with Gasteiger partial charge in [-0.25, -0.2) is 8.78 Å². The maximum absolute atomic E-state index is 14.5. The fourth-order valence-electron chi connectivity index (χ4n) is 10.3. The van der Waals surface area contributed by atoms with Crippen LogP contribution >= 0.6 is 0 Å². The van der Waals surface area contributed by atoms with E-state index < -0.39 is 10.8 Å². The van der Waals surface area contributed by atoms with Crippen LogP contribution < -0.4 is 4.90 Å². The highest BCUT2D eigenvalue weighted by Crippen LogP contribution is 2.58. The minimum atomic E-state index is -0.641. The molecule has 0 atom stereocenters. The number of halogens is 2. The zero-order valence-electron chi connectivity index (χ0n) is 33.0. The highest BCUT2D eigenvalue weighted by atomic mass is 19.1. The van der Waals surface area contributed by atoms with Gasteiger partial charge >= 0.3 is 0 Å². The van der Waals surface area contributed by atoms with Crippen LogP contribution in [-0.2, 0) is 10.8 Å². The van der Waals surface area contributed by atoms with Crippen LogP contribution in [0.3, 0.4) is 0 Å². The summed E-state index contributed by atoms with van der Waals surface area (Å²) in [5, 5.41) is 0. The van der Waals surface area contributed by atoms with Crippen LogP contribution in [0.5, 0.6) is 0 Å². The Bertz CT molecular complexity index is 2760. The molecule has 0 spiro atoms. The van der Waals surface area contributed by atoms with E-state index in [1.807, 2.05) is 24.3 Å². The van der Waals surface area contributed by atoms with Gasteiger partial charge in [-0.1, -0.05) is 163 Å². The van der Waals surface area contributed by atoms with Gasteiger partial charge in [-0.2, -0.15) is 0 Å². The summed E-state index contributed by atoms with van der Waals surface area (Å²) < 4.78 is 29.1. The zero-order valence-corrected chi connectivity index (χ0v) is 33.0. The molecule has 0 heterocycles. The Hall–Kier alpha value is -7.36. The van der Waals surface area contributed by atoms with Crippen molar-refractivity contribution in [3.63, 3.8) is 0 Å². The lowest BCUT2D eigenvalue weighted by Gasteiger charge is -2.35. The van der Waals surface area contributed by atoms with Crippen molar-refractivity contribution < 1.29 is 8.78 Å². The second kappa shape index (κ2) is 13.9. The van der Waals surface area contributed by atoms with Gasteiger partial charge in [0.15, 0.2) is 0 Å². The first-order chi connectivity index (χ1) is 29.5. The number of benzene rings is 9. The highest BCUT2D eigenvalue weighted by Gasteiger charge is 2.47. The van der Waals surface area contributed by atoms with Crippen LogP contribution in [0.1, 0.15) is 50.1 Å². The predicted molar refractivity (Wildman–Crippen MR) is 240 cm³/mol. The van der Waals surface area contributed by atoms with Gasteiger partial charge in [-0.05, 0) is 134 Å². The molecule has 0 unspecified atom stereocenters. The van der Waals surface area contributed by atoms with E-state index >= 15 is 0 Å². The van der Waals surface area contributed by atoms with E-state index in [1.165, 1.54) is 50.1 Å². The highest BCUT2D eigenvalue weighted by molar-refractivity contribution is 5.88. The minimum Gasteiger partial charge on any atom is -0.311 e. The molecule has 2 aliphatic carbocycles. The van der Waals surface area contributed by atoms with Gasteiger partial charge in [0.1, 0.15) is 11.6 Å². The molecule has 286 valence electrons. The summed E-state index contributed by atoms with van der Waals surface area (Å²) in [7, 11) is 0. The lowest BCUT2D eigenvalue weighted by Crippen LogP contribution is -2.29. The monoisotopic (exact) mass is 775 g/mol. The average molecular weight is 776 g/mol. The van der Waals surface area contributed by atoms with E-state index in [1.54, 1.807) is 24.3 Å². The number of hydrogen-bond acceptors (Lipinski definition) is 1. The molecule has 0 N–H and O–H groups in total. The molecule has 60 heavy (non-hydrogen) atoms. The average Bonchev–Trinajstić information content (AvgIpc) is 3.77. The fraction of sp³-hybridized carbons (Fsp3) is 0.0526. The first-order valence-electron chi connectivity index (χ1n) is 20.5. The number of anilines is 3. The van der Waals surface area contributed by atoms with Crippen molar-refractivity contribution >= 4 is 17.1 Å². The van der Waals surface area contributed by atoms with Crippen LogP contribution in [-0.4, -0.2) is 0 Å². The van der Waals surface area contributed by atoms with Crippen molar-refractivity contribution in [2.24, 2.45) is 0 Å². The Balaban J connectivity index is 1.07. The first-order valence-corrected chi connectivity index (χ1v) is 20.5. The van der Waals surface area contributed by atoms with E-state index in [0.717, 1.165) is 39.3 Å². The smallest absolute Gasteiger partial charge is 0.123 e. The third-order valence-corrected chi connectivity index (χ3v) is 12.9. The summed E-state index contributed by atoms with van der Waals surface area (Å²) >= 11 is 0. The summed E-state index contributed by atoms with van der Waals surface area (Å²) in [4.78, 5) is 2.30. The van der Waals surface area contributed by atoms with Crippen LogP contribution in [0.2, 0.25) is 0 Å². The molecule has 1 nitrogen and oxygen atoms in total. The topological polar surface area (TPSA) is 3.24 Å². The van der Waals surface area contributed by atoms with Crippen molar-refractivity contribution in [1.82, 2.24) is 0 Å². The van der Waals surface area contributed by atoms with Crippen LogP contribution in [0.15, 0.2) is 218 Å². The summed E-state index contributed by atoms with van der Waals surface area (Å²) in [6, 6.07) is 74.9. The van der Waals surface area contributed by atoms with E-state index in [9.17, 15) is 8.78 Å². The van der Waals surface area contributed by atoms with Gasteiger partial charge in [0.25, 0.3) is 0 Å². The Kier molecular flexibility index (Phi) is 8.28. The molecule has 0 saturated carbocycles. The zero-order chi connectivity index (χ0) is 40.4. The Morgan fingerprint density at radius 3 is 0.850 bits per heavy atom. The molecule has 0 aliphatic heterocycles. The number of hydrogen-bond donors (Lipinski definition) is 0. The summed E-state index contributed by atoms with van der Waals surface area (Å²) in [5.74, 6) is -0.512. The summed E-state index contributed by atoms with van der Waals surface area (Å²) in [6.45, 7) is 2.11. The molecule has 0 fully saturated rings. The third-order valence-electron chi connectivity index (χ3n) is 12.9. The fourth-order valence-corrected chi connectivity index (χ4v) is 10.3. The number of aryl methyl sites for hydroxylation is 1. The second-order valence-corrected chi connectivity index (χ2v) is 16.0. The maximum Gasteiger partial charge on any atom is 0.123 e. The normalized spacial score (nSPS) is 13.8. The molecular formula is C57H39F2N. The lowest BCUT2D eigenvalue weighted by molar-refractivity contribution is 0.624. The molecule has 9 aromatic carbocycles.